The zero-order valence-electron chi connectivity index (χ0n) is 22.3. The van der Waals surface area contributed by atoms with Gasteiger partial charge < -0.3 is 19.3 Å². The minimum atomic E-state index is -1.03. The van der Waals surface area contributed by atoms with Gasteiger partial charge in [-0.2, -0.15) is 0 Å². The van der Waals surface area contributed by atoms with Crippen molar-refractivity contribution in [1.82, 2.24) is 4.98 Å². The number of Topliss-reactive ketones (excluding diaryl/α,β-unsaturated/α-hetero) is 1. The van der Waals surface area contributed by atoms with Gasteiger partial charge in [0.05, 0.1) is 23.9 Å². The highest BCUT2D eigenvalue weighted by molar-refractivity contribution is 7.17. The predicted octanol–water partition coefficient (Wildman–Crippen LogP) is 5.14. The highest BCUT2D eigenvalue weighted by atomic mass is 32.1. The first-order valence-corrected chi connectivity index (χ1v) is 13.6. The summed E-state index contributed by atoms with van der Waals surface area (Å²) in [6.45, 7) is 9.38. The second-order valence-corrected chi connectivity index (χ2v) is 10.4. The zero-order valence-corrected chi connectivity index (χ0v) is 23.1. The summed E-state index contributed by atoms with van der Waals surface area (Å²) in [6.07, 6.45) is 2.26. The molecule has 9 nitrogen and oxygen atoms in total. The number of fused-ring (bicyclic) bond motifs is 1. The monoisotopic (exact) mass is 560 g/mol. The molecule has 1 N–H and O–H groups in total. The lowest BCUT2D eigenvalue weighted by Gasteiger charge is -2.23. The van der Waals surface area contributed by atoms with Crippen molar-refractivity contribution in [3.05, 3.63) is 88.0 Å². The molecule has 1 aromatic heterocycles. The van der Waals surface area contributed by atoms with Crippen LogP contribution in [0.15, 0.2) is 60.7 Å². The molecule has 206 valence electrons. The molecule has 10 heteroatoms. The number of benzene rings is 2. The summed E-state index contributed by atoms with van der Waals surface area (Å²) < 4.78 is 16.6. The molecule has 40 heavy (non-hydrogen) atoms. The number of aromatic nitrogens is 1. The topological polar surface area (TPSA) is 115 Å². The molecule has 3 heterocycles. The molecule has 1 fully saturated rings. The fourth-order valence-electron chi connectivity index (χ4n) is 4.87. The molecule has 3 aromatic rings. The number of carbonyl (C=O) groups is 3. The van der Waals surface area contributed by atoms with E-state index < -0.39 is 23.7 Å². The first kappa shape index (κ1) is 27.1. The summed E-state index contributed by atoms with van der Waals surface area (Å²) in [5.74, 6) is -1.40. The van der Waals surface area contributed by atoms with Crippen LogP contribution in [0.1, 0.15) is 51.9 Å². The van der Waals surface area contributed by atoms with Crippen LogP contribution >= 0.6 is 11.3 Å². The first-order chi connectivity index (χ1) is 19.2. The Hall–Kier alpha value is -4.44. The van der Waals surface area contributed by atoms with Crippen LogP contribution in [-0.4, -0.2) is 47.1 Å². The standard InChI is InChI=1S/C30H28N2O7S/c1-5-12-38-21-9-7-8-18(15-21)24-23(25(33)19-10-11-22-20(14-19)13-16(3)39-22)26(34)28(35)32(24)30-31-17(4)27(40-30)29(36)37-6-2/h5,7-11,14-16,24,33H,1,6,12-13H2,2-4H3/b25-23+/t16-,24-/m1/s1. The molecule has 0 saturated carbocycles. The molecular weight excluding hydrogens is 532 g/mol. The summed E-state index contributed by atoms with van der Waals surface area (Å²) >= 11 is 0.955. The van der Waals surface area contributed by atoms with E-state index in [4.69, 9.17) is 14.2 Å². The van der Waals surface area contributed by atoms with Gasteiger partial charge in [0.15, 0.2) is 5.13 Å². The summed E-state index contributed by atoms with van der Waals surface area (Å²) in [6, 6.07) is 11.1. The van der Waals surface area contributed by atoms with Crippen LogP contribution < -0.4 is 14.4 Å². The number of esters is 1. The van der Waals surface area contributed by atoms with Gasteiger partial charge in [-0.25, -0.2) is 9.78 Å². The van der Waals surface area contributed by atoms with Crippen LogP contribution in [0.25, 0.3) is 5.76 Å². The lowest BCUT2D eigenvalue weighted by atomic mass is 9.94. The number of carbonyl (C=O) groups excluding carboxylic acids is 3. The van der Waals surface area contributed by atoms with Gasteiger partial charge in [-0.05, 0) is 62.2 Å². The van der Waals surface area contributed by atoms with E-state index in [0.29, 0.717) is 29.0 Å². The molecule has 0 radical (unpaired) electrons. The van der Waals surface area contributed by atoms with E-state index in [-0.39, 0.29) is 40.7 Å². The fourth-order valence-corrected chi connectivity index (χ4v) is 5.86. The number of anilines is 1. The highest BCUT2D eigenvalue weighted by Gasteiger charge is 2.48. The van der Waals surface area contributed by atoms with Crippen LogP contribution in [0.5, 0.6) is 11.5 Å². The number of aliphatic hydroxyl groups excluding tert-OH is 1. The normalized spacial score (nSPS) is 19.3. The van der Waals surface area contributed by atoms with Gasteiger partial charge in [0, 0.05) is 12.0 Å². The Balaban J connectivity index is 1.67. The molecule has 5 rings (SSSR count). The predicted molar refractivity (Wildman–Crippen MR) is 150 cm³/mol. The van der Waals surface area contributed by atoms with E-state index in [2.05, 4.69) is 11.6 Å². The zero-order chi connectivity index (χ0) is 28.6. The molecule has 0 aliphatic carbocycles. The SMILES string of the molecule is C=CCOc1cccc([C@@H]2/C(=C(\O)c3ccc4c(c3)C[C@@H](C)O4)C(=O)C(=O)N2c2nc(C)c(C(=O)OCC)s2)c1. The Labute approximate surface area is 235 Å². The van der Waals surface area contributed by atoms with Crippen LogP contribution in [0.3, 0.4) is 0 Å². The number of aryl methyl sites for hydroxylation is 1. The molecule has 0 unspecified atom stereocenters. The lowest BCUT2D eigenvalue weighted by Crippen LogP contribution is -2.29. The number of ketones is 1. The minimum absolute atomic E-state index is 0.00183. The molecule has 2 atom stereocenters. The number of rotatable bonds is 8. The van der Waals surface area contributed by atoms with Crippen molar-refractivity contribution < 1.29 is 33.7 Å². The number of nitrogens with zero attached hydrogens (tertiary/aromatic N) is 2. The second-order valence-electron chi connectivity index (χ2n) is 9.43. The van der Waals surface area contributed by atoms with Gasteiger partial charge in [0.1, 0.15) is 34.8 Å². The van der Waals surface area contributed by atoms with Crippen molar-refractivity contribution in [1.29, 1.82) is 0 Å². The molecular formula is C30H28N2O7S. The van der Waals surface area contributed by atoms with Crippen molar-refractivity contribution >= 4 is 39.9 Å². The third kappa shape index (κ3) is 4.86. The summed E-state index contributed by atoms with van der Waals surface area (Å²) in [5, 5.41) is 11.7. The van der Waals surface area contributed by atoms with E-state index in [1.165, 1.54) is 4.90 Å². The van der Waals surface area contributed by atoms with Crippen LogP contribution in [0.2, 0.25) is 0 Å². The fraction of sp³-hybridized carbons (Fsp3) is 0.267. The third-order valence-electron chi connectivity index (χ3n) is 6.61. The van der Waals surface area contributed by atoms with Gasteiger partial charge in [0.2, 0.25) is 0 Å². The molecule has 2 aliphatic rings. The van der Waals surface area contributed by atoms with Crippen molar-refractivity contribution in [3.8, 4) is 11.5 Å². The summed E-state index contributed by atoms with van der Waals surface area (Å²) in [4.78, 5) is 45.5. The number of thiazole rings is 1. The molecule has 1 amide bonds. The summed E-state index contributed by atoms with van der Waals surface area (Å²) in [7, 11) is 0. The maximum absolute atomic E-state index is 13.6. The van der Waals surface area contributed by atoms with Crippen molar-refractivity contribution in [2.75, 3.05) is 18.1 Å². The Morgan fingerprint density at radius 3 is 2.83 bits per heavy atom. The van der Waals surface area contributed by atoms with Crippen molar-refractivity contribution in [3.63, 3.8) is 0 Å². The van der Waals surface area contributed by atoms with E-state index in [1.807, 2.05) is 6.92 Å². The Kier molecular flexibility index (Phi) is 7.44. The summed E-state index contributed by atoms with van der Waals surface area (Å²) in [5.41, 5.74) is 2.09. The molecule has 1 saturated heterocycles. The van der Waals surface area contributed by atoms with E-state index >= 15 is 0 Å². The first-order valence-electron chi connectivity index (χ1n) is 12.8. The number of hydrogen-bond donors (Lipinski definition) is 1. The maximum Gasteiger partial charge on any atom is 0.350 e. The lowest BCUT2D eigenvalue weighted by molar-refractivity contribution is -0.132. The number of hydrogen-bond acceptors (Lipinski definition) is 9. The molecule has 0 spiro atoms. The molecule has 2 aromatic carbocycles. The minimum Gasteiger partial charge on any atom is -0.507 e. The second kappa shape index (κ2) is 11.0. The van der Waals surface area contributed by atoms with Crippen molar-refractivity contribution in [2.45, 2.75) is 39.3 Å². The van der Waals surface area contributed by atoms with Gasteiger partial charge in [-0.3, -0.25) is 14.5 Å². The van der Waals surface area contributed by atoms with Crippen LogP contribution in [0.4, 0.5) is 5.13 Å². The highest BCUT2D eigenvalue weighted by Crippen LogP contribution is 2.45. The van der Waals surface area contributed by atoms with Gasteiger partial charge >= 0.3 is 11.9 Å². The van der Waals surface area contributed by atoms with E-state index in [0.717, 1.165) is 22.6 Å². The van der Waals surface area contributed by atoms with Crippen LogP contribution in [0, 0.1) is 6.92 Å². The van der Waals surface area contributed by atoms with E-state index in [9.17, 15) is 19.5 Å². The third-order valence-corrected chi connectivity index (χ3v) is 7.74. The number of amides is 1. The van der Waals surface area contributed by atoms with Gasteiger partial charge in [0.25, 0.3) is 5.78 Å². The Bertz CT molecular complexity index is 1560. The Morgan fingerprint density at radius 1 is 1.27 bits per heavy atom. The average Bonchev–Trinajstić information content (AvgIpc) is 3.59. The van der Waals surface area contributed by atoms with Crippen molar-refractivity contribution in [2.24, 2.45) is 0 Å². The quantitative estimate of drug-likeness (QED) is 0.132. The largest absolute Gasteiger partial charge is 0.507 e. The smallest absolute Gasteiger partial charge is 0.350 e. The van der Waals surface area contributed by atoms with Crippen LogP contribution in [-0.2, 0) is 20.7 Å². The molecule has 2 aliphatic heterocycles. The Morgan fingerprint density at radius 2 is 2.08 bits per heavy atom. The van der Waals surface area contributed by atoms with E-state index in [1.54, 1.807) is 62.4 Å². The van der Waals surface area contributed by atoms with Gasteiger partial charge in [-0.1, -0.05) is 36.1 Å². The molecule has 0 bridgehead atoms. The number of aliphatic hydroxyl groups is 1. The maximum atomic E-state index is 13.6. The van der Waals surface area contributed by atoms with Gasteiger partial charge in [-0.15, -0.1) is 0 Å². The number of ether oxygens (including phenoxy) is 3. The average molecular weight is 561 g/mol.